The molecule has 0 radical (unpaired) electrons. The number of nitrogens with zero attached hydrogens (tertiary/aromatic N) is 2. The quantitative estimate of drug-likeness (QED) is 0.361. The number of amides is 3. The van der Waals surface area contributed by atoms with Crippen molar-refractivity contribution in [1.29, 1.82) is 0 Å². The van der Waals surface area contributed by atoms with Crippen molar-refractivity contribution in [2.24, 2.45) is 0 Å². The van der Waals surface area contributed by atoms with E-state index in [0.717, 1.165) is 5.56 Å². The Bertz CT molecular complexity index is 1100. The van der Waals surface area contributed by atoms with Crippen molar-refractivity contribution in [2.45, 2.75) is 33.2 Å². The number of carbonyl (C=O) groups excluding carboxylic acids is 3. The number of urea groups is 1. The van der Waals surface area contributed by atoms with E-state index < -0.39 is 5.97 Å². The first-order valence-corrected chi connectivity index (χ1v) is 12.2. The second-order valence-corrected chi connectivity index (χ2v) is 8.28. The Balaban J connectivity index is 1.65. The normalized spacial score (nSPS) is 10.5. The number of ether oxygens (including phenoxy) is 1. The summed E-state index contributed by atoms with van der Waals surface area (Å²) in [6.45, 7) is 5.18. The van der Waals surface area contributed by atoms with Gasteiger partial charge in [-0.05, 0) is 61.7 Å². The van der Waals surface area contributed by atoms with E-state index in [1.807, 2.05) is 43.3 Å². The Hall–Kier alpha value is -4.07. The van der Waals surface area contributed by atoms with Gasteiger partial charge >= 0.3 is 12.0 Å². The van der Waals surface area contributed by atoms with Gasteiger partial charge in [-0.3, -0.25) is 4.79 Å². The van der Waals surface area contributed by atoms with Crippen molar-refractivity contribution in [2.75, 3.05) is 31.6 Å². The van der Waals surface area contributed by atoms with Gasteiger partial charge in [-0.15, -0.1) is 0 Å². The fourth-order valence-corrected chi connectivity index (χ4v) is 3.68. The van der Waals surface area contributed by atoms with Gasteiger partial charge in [0.15, 0.2) is 0 Å². The number of carbonyl (C=O) groups is 3. The third kappa shape index (κ3) is 8.01. The van der Waals surface area contributed by atoms with E-state index in [2.05, 4.69) is 5.32 Å². The van der Waals surface area contributed by atoms with Gasteiger partial charge in [0.05, 0.1) is 25.0 Å². The lowest BCUT2D eigenvalue weighted by Gasteiger charge is -2.27. The predicted octanol–water partition coefficient (Wildman–Crippen LogP) is 4.97. The monoisotopic (exact) mass is 491 g/mol. The minimum Gasteiger partial charge on any atom is -0.467 e. The molecule has 1 aromatic heterocycles. The Morgan fingerprint density at radius 3 is 2.28 bits per heavy atom. The summed E-state index contributed by atoms with van der Waals surface area (Å²) >= 11 is 0. The zero-order valence-electron chi connectivity index (χ0n) is 20.8. The van der Waals surface area contributed by atoms with Crippen molar-refractivity contribution in [3.8, 4) is 0 Å². The summed E-state index contributed by atoms with van der Waals surface area (Å²) in [7, 11) is 0. The molecule has 3 amide bonds. The Kier molecular flexibility index (Phi) is 10.1. The SMILES string of the molecule is CCCN(CC(=O)N(CCc1ccccc1)Cc1ccco1)C(=O)Nc1ccc(C(=O)OCC)cc1. The molecule has 0 aliphatic carbocycles. The van der Waals surface area contributed by atoms with Crippen molar-refractivity contribution in [3.63, 3.8) is 0 Å². The molecule has 0 aliphatic rings. The van der Waals surface area contributed by atoms with Crippen LogP contribution >= 0.6 is 0 Å². The molecule has 8 heteroatoms. The van der Waals surface area contributed by atoms with Crippen LogP contribution in [0.25, 0.3) is 0 Å². The minimum absolute atomic E-state index is 0.0594. The number of furan rings is 1. The van der Waals surface area contributed by atoms with Crippen molar-refractivity contribution >= 4 is 23.6 Å². The van der Waals surface area contributed by atoms with Gasteiger partial charge in [-0.25, -0.2) is 9.59 Å². The average Bonchev–Trinajstić information content (AvgIpc) is 3.40. The van der Waals surface area contributed by atoms with Crippen molar-refractivity contribution in [3.05, 3.63) is 89.9 Å². The van der Waals surface area contributed by atoms with Crippen molar-refractivity contribution < 1.29 is 23.5 Å². The Morgan fingerprint density at radius 1 is 0.889 bits per heavy atom. The maximum absolute atomic E-state index is 13.3. The van der Waals surface area contributed by atoms with Gasteiger partial charge in [0.2, 0.25) is 5.91 Å². The number of hydrogen-bond donors (Lipinski definition) is 1. The molecule has 190 valence electrons. The molecule has 1 heterocycles. The van der Waals surface area contributed by atoms with Crippen LogP contribution in [-0.4, -0.2) is 53.9 Å². The summed E-state index contributed by atoms with van der Waals surface area (Å²) in [5, 5.41) is 2.82. The highest BCUT2D eigenvalue weighted by atomic mass is 16.5. The van der Waals surface area contributed by atoms with Crippen LogP contribution in [0.3, 0.4) is 0 Å². The largest absolute Gasteiger partial charge is 0.467 e. The highest BCUT2D eigenvalue weighted by Crippen LogP contribution is 2.13. The van der Waals surface area contributed by atoms with E-state index in [1.54, 1.807) is 48.4 Å². The second-order valence-electron chi connectivity index (χ2n) is 8.28. The standard InChI is InChI=1S/C28H33N3O5/c1-3-17-31(28(34)29-24-14-12-23(13-15-24)27(33)35-4-2)21-26(32)30(20-25-11-8-19-36-25)18-16-22-9-6-5-7-10-22/h5-15,19H,3-4,16-18,20-21H2,1-2H3,(H,29,34). The van der Waals surface area contributed by atoms with Crippen LogP contribution in [-0.2, 0) is 22.5 Å². The molecule has 0 fully saturated rings. The zero-order chi connectivity index (χ0) is 25.8. The van der Waals surface area contributed by atoms with Crippen LogP contribution in [0.2, 0.25) is 0 Å². The maximum atomic E-state index is 13.3. The molecule has 0 unspecified atom stereocenters. The minimum atomic E-state index is -0.416. The van der Waals surface area contributed by atoms with Crippen LogP contribution in [0.4, 0.5) is 10.5 Å². The second kappa shape index (κ2) is 13.7. The molecule has 0 aliphatic heterocycles. The summed E-state index contributed by atoms with van der Waals surface area (Å²) in [6.07, 6.45) is 2.98. The topological polar surface area (TPSA) is 92.1 Å². The Labute approximate surface area is 211 Å². The first kappa shape index (κ1) is 26.5. The molecule has 0 atom stereocenters. The molecule has 2 aromatic carbocycles. The third-order valence-electron chi connectivity index (χ3n) is 5.55. The lowest BCUT2D eigenvalue weighted by molar-refractivity contribution is -0.132. The molecule has 8 nitrogen and oxygen atoms in total. The summed E-state index contributed by atoms with van der Waals surface area (Å²) in [5.41, 5.74) is 2.06. The van der Waals surface area contributed by atoms with Gasteiger partial charge in [-0.1, -0.05) is 37.3 Å². The number of anilines is 1. The summed E-state index contributed by atoms with van der Waals surface area (Å²) in [4.78, 5) is 41.4. The van der Waals surface area contributed by atoms with Crippen LogP contribution in [0, 0.1) is 0 Å². The zero-order valence-corrected chi connectivity index (χ0v) is 20.8. The molecule has 1 N–H and O–H groups in total. The third-order valence-corrected chi connectivity index (χ3v) is 5.55. The molecule has 3 aromatic rings. The van der Waals surface area contributed by atoms with Gasteiger partial charge in [-0.2, -0.15) is 0 Å². The molecule has 0 saturated heterocycles. The molecule has 0 saturated carbocycles. The molecule has 36 heavy (non-hydrogen) atoms. The first-order valence-electron chi connectivity index (χ1n) is 12.2. The van der Waals surface area contributed by atoms with E-state index in [-0.39, 0.29) is 18.5 Å². The molecular weight excluding hydrogens is 458 g/mol. The van der Waals surface area contributed by atoms with E-state index in [9.17, 15) is 14.4 Å². The summed E-state index contributed by atoms with van der Waals surface area (Å²) < 4.78 is 10.5. The van der Waals surface area contributed by atoms with E-state index in [1.165, 1.54) is 4.90 Å². The van der Waals surface area contributed by atoms with Crippen LogP contribution < -0.4 is 5.32 Å². The summed E-state index contributed by atoms with van der Waals surface area (Å²) in [6, 6.07) is 19.7. The van der Waals surface area contributed by atoms with E-state index in [0.29, 0.717) is 56.1 Å². The molecule has 0 bridgehead atoms. The lowest BCUT2D eigenvalue weighted by Crippen LogP contribution is -2.45. The van der Waals surface area contributed by atoms with Crippen LogP contribution in [0.15, 0.2) is 77.4 Å². The van der Waals surface area contributed by atoms with Crippen LogP contribution in [0.5, 0.6) is 0 Å². The first-order chi connectivity index (χ1) is 17.5. The fourth-order valence-electron chi connectivity index (χ4n) is 3.68. The number of benzene rings is 2. The van der Waals surface area contributed by atoms with E-state index in [4.69, 9.17) is 9.15 Å². The average molecular weight is 492 g/mol. The highest BCUT2D eigenvalue weighted by Gasteiger charge is 2.22. The smallest absolute Gasteiger partial charge is 0.338 e. The van der Waals surface area contributed by atoms with Crippen LogP contribution in [0.1, 0.15) is 41.9 Å². The lowest BCUT2D eigenvalue weighted by atomic mass is 10.1. The number of rotatable bonds is 12. The predicted molar refractivity (Wildman–Crippen MR) is 138 cm³/mol. The fraction of sp³-hybridized carbons (Fsp3) is 0.321. The van der Waals surface area contributed by atoms with Gasteiger partial charge < -0.3 is 24.3 Å². The Morgan fingerprint density at radius 2 is 1.64 bits per heavy atom. The van der Waals surface area contributed by atoms with Gasteiger partial charge in [0, 0.05) is 18.8 Å². The summed E-state index contributed by atoms with van der Waals surface area (Å²) in [5.74, 6) is 0.105. The van der Waals surface area contributed by atoms with E-state index >= 15 is 0 Å². The van der Waals surface area contributed by atoms with Gasteiger partial charge in [0.1, 0.15) is 12.3 Å². The number of nitrogens with one attached hydrogen (secondary N) is 1. The highest BCUT2D eigenvalue weighted by molar-refractivity contribution is 5.94. The molecule has 3 rings (SSSR count). The van der Waals surface area contributed by atoms with Crippen molar-refractivity contribution in [1.82, 2.24) is 9.80 Å². The number of hydrogen-bond acceptors (Lipinski definition) is 5. The molecular formula is C28H33N3O5. The van der Waals surface area contributed by atoms with Gasteiger partial charge in [0.25, 0.3) is 0 Å². The number of esters is 1. The maximum Gasteiger partial charge on any atom is 0.338 e. The molecule has 0 spiro atoms.